The Morgan fingerprint density at radius 2 is 2.18 bits per heavy atom. The van der Waals surface area contributed by atoms with E-state index in [2.05, 4.69) is 47.5 Å². The van der Waals surface area contributed by atoms with Crippen molar-refractivity contribution in [2.24, 2.45) is 11.8 Å². The van der Waals surface area contributed by atoms with Crippen LogP contribution in [0.4, 0.5) is 11.8 Å². The van der Waals surface area contributed by atoms with Gasteiger partial charge >= 0.3 is 0 Å². The molecule has 0 atom stereocenters. The van der Waals surface area contributed by atoms with Gasteiger partial charge in [-0.3, -0.25) is 5.43 Å². The number of nitrogens with zero attached hydrogens (tertiary/aromatic N) is 2. The van der Waals surface area contributed by atoms with Crippen LogP contribution in [-0.4, -0.2) is 16.5 Å². The number of aryl methyl sites for hydroxylation is 1. The number of anilines is 2. The second kappa shape index (κ2) is 4.85. The molecule has 17 heavy (non-hydrogen) atoms. The van der Waals surface area contributed by atoms with E-state index in [9.17, 15) is 0 Å². The van der Waals surface area contributed by atoms with Crippen LogP contribution in [0.1, 0.15) is 18.7 Å². The lowest BCUT2D eigenvalue weighted by molar-refractivity contribution is 0.687. The van der Waals surface area contributed by atoms with E-state index in [1.54, 1.807) is 11.3 Å². The molecule has 0 spiro atoms. The van der Waals surface area contributed by atoms with Crippen molar-refractivity contribution in [3.8, 4) is 0 Å². The summed E-state index contributed by atoms with van der Waals surface area (Å²) < 4.78 is 0. The standard InChI is InChI=1S/C11H17N5S/c1-6(2)5-13-9-8-4-7(3)17-10(8)15-11(14-9)16-12/h4,6H,5,12H2,1-3H3,(H2,13,14,15,16). The Morgan fingerprint density at radius 1 is 1.41 bits per heavy atom. The van der Waals surface area contributed by atoms with Gasteiger partial charge in [0.05, 0.1) is 5.39 Å². The Morgan fingerprint density at radius 3 is 2.82 bits per heavy atom. The SMILES string of the molecule is Cc1cc2c(NCC(C)C)nc(NN)nc2s1. The first-order chi connectivity index (χ1) is 8.10. The summed E-state index contributed by atoms with van der Waals surface area (Å²) in [6.07, 6.45) is 0. The third-order valence-corrected chi connectivity index (χ3v) is 3.27. The molecule has 2 aromatic heterocycles. The molecule has 2 heterocycles. The van der Waals surface area contributed by atoms with Gasteiger partial charge in [-0.15, -0.1) is 11.3 Å². The van der Waals surface area contributed by atoms with Crippen LogP contribution < -0.4 is 16.6 Å². The Bertz CT molecular complexity index is 520. The maximum atomic E-state index is 5.37. The monoisotopic (exact) mass is 251 g/mol. The van der Waals surface area contributed by atoms with Gasteiger partial charge in [0, 0.05) is 11.4 Å². The molecule has 0 amide bonds. The van der Waals surface area contributed by atoms with Crippen LogP contribution in [0.5, 0.6) is 0 Å². The Labute approximate surface area is 104 Å². The highest BCUT2D eigenvalue weighted by Gasteiger charge is 2.10. The van der Waals surface area contributed by atoms with Crippen molar-refractivity contribution >= 4 is 33.3 Å². The van der Waals surface area contributed by atoms with Crippen LogP contribution in [0.2, 0.25) is 0 Å². The molecule has 6 heteroatoms. The van der Waals surface area contributed by atoms with Gasteiger partial charge < -0.3 is 5.32 Å². The molecule has 0 bridgehead atoms. The first kappa shape index (κ1) is 12.1. The summed E-state index contributed by atoms with van der Waals surface area (Å²) in [5.41, 5.74) is 2.50. The van der Waals surface area contributed by atoms with Crippen molar-refractivity contribution in [3.63, 3.8) is 0 Å². The molecule has 2 aromatic rings. The summed E-state index contributed by atoms with van der Waals surface area (Å²) >= 11 is 1.64. The van der Waals surface area contributed by atoms with Crippen LogP contribution in [0, 0.1) is 12.8 Å². The molecule has 0 saturated heterocycles. The summed E-state index contributed by atoms with van der Waals surface area (Å²) in [4.78, 5) is 10.9. The molecule has 92 valence electrons. The Balaban J connectivity index is 2.43. The van der Waals surface area contributed by atoms with Gasteiger partial charge in [-0.25, -0.2) is 10.8 Å². The molecule has 0 radical (unpaired) electrons. The smallest absolute Gasteiger partial charge is 0.240 e. The first-order valence-electron chi connectivity index (χ1n) is 5.59. The minimum Gasteiger partial charge on any atom is -0.369 e. The van der Waals surface area contributed by atoms with E-state index in [4.69, 9.17) is 5.84 Å². The average Bonchev–Trinajstić information content (AvgIpc) is 2.65. The molecule has 0 unspecified atom stereocenters. The van der Waals surface area contributed by atoms with Crippen LogP contribution in [0.3, 0.4) is 0 Å². The van der Waals surface area contributed by atoms with Crippen LogP contribution in [0.25, 0.3) is 10.2 Å². The molecule has 0 fully saturated rings. The third-order valence-electron chi connectivity index (χ3n) is 2.32. The highest BCUT2D eigenvalue weighted by Crippen LogP contribution is 2.29. The lowest BCUT2D eigenvalue weighted by Gasteiger charge is -2.10. The van der Waals surface area contributed by atoms with Crippen molar-refractivity contribution in [3.05, 3.63) is 10.9 Å². The summed E-state index contributed by atoms with van der Waals surface area (Å²) in [5, 5.41) is 4.40. The van der Waals surface area contributed by atoms with Crippen molar-refractivity contribution in [1.29, 1.82) is 0 Å². The predicted molar refractivity (Wildman–Crippen MR) is 73.3 cm³/mol. The number of nitrogens with two attached hydrogens (primary N) is 1. The lowest BCUT2D eigenvalue weighted by Crippen LogP contribution is -2.14. The van der Waals surface area contributed by atoms with Gasteiger partial charge in [0.25, 0.3) is 0 Å². The maximum Gasteiger partial charge on any atom is 0.240 e. The van der Waals surface area contributed by atoms with Gasteiger partial charge in [-0.05, 0) is 18.9 Å². The Hall–Kier alpha value is -1.40. The predicted octanol–water partition coefficient (Wildman–Crippen LogP) is 2.35. The van der Waals surface area contributed by atoms with Gasteiger partial charge in [0.15, 0.2) is 0 Å². The first-order valence-corrected chi connectivity index (χ1v) is 6.40. The number of hydrogen-bond acceptors (Lipinski definition) is 6. The average molecular weight is 251 g/mol. The van der Waals surface area contributed by atoms with Gasteiger partial charge in [-0.1, -0.05) is 13.8 Å². The number of thiophene rings is 1. The minimum atomic E-state index is 0.450. The molecule has 0 aliphatic rings. The summed E-state index contributed by atoms with van der Waals surface area (Å²) in [6.45, 7) is 7.26. The van der Waals surface area contributed by atoms with E-state index in [0.717, 1.165) is 22.6 Å². The number of nitrogens with one attached hydrogen (secondary N) is 2. The molecular weight excluding hydrogens is 234 g/mol. The molecule has 0 aliphatic heterocycles. The number of nitrogen functional groups attached to an aromatic ring is 1. The number of fused-ring (bicyclic) bond motifs is 1. The highest BCUT2D eigenvalue weighted by atomic mass is 32.1. The largest absolute Gasteiger partial charge is 0.369 e. The van der Waals surface area contributed by atoms with E-state index >= 15 is 0 Å². The van der Waals surface area contributed by atoms with Crippen molar-refractivity contribution in [2.45, 2.75) is 20.8 Å². The summed E-state index contributed by atoms with van der Waals surface area (Å²) in [5.74, 6) is 7.24. The molecular formula is C11H17N5S. The second-order valence-corrected chi connectivity index (χ2v) is 5.63. The molecule has 0 aliphatic carbocycles. The zero-order chi connectivity index (χ0) is 12.4. The van der Waals surface area contributed by atoms with Gasteiger partial charge in [-0.2, -0.15) is 4.98 Å². The fraction of sp³-hybridized carbons (Fsp3) is 0.455. The van der Waals surface area contributed by atoms with Gasteiger partial charge in [0.2, 0.25) is 5.95 Å². The Kier molecular flexibility index (Phi) is 3.44. The number of rotatable bonds is 4. The van der Waals surface area contributed by atoms with E-state index in [-0.39, 0.29) is 0 Å². The van der Waals surface area contributed by atoms with E-state index < -0.39 is 0 Å². The number of hydrazine groups is 1. The molecule has 5 nitrogen and oxygen atoms in total. The lowest BCUT2D eigenvalue weighted by atomic mass is 10.2. The van der Waals surface area contributed by atoms with Crippen LogP contribution in [0.15, 0.2) is 6.07 Å². The summed E-state index contributed by atoms with van der Waals surface area (Å²) in [7, 11) is 0. The van der Waals surface area contributed by atoms with Crippen LogP contribution in [-0.2, 0) is 0 Å². The molecule has 0 aromatic carbocycles. The third kappa shape index (κ3) is 2.65. The number of aromatic nitrogens is 2. The van der Waals surface area contributed by atoms with Gasteiger partial charge in [0.1, 0.15) is 10.6 Å². The van der Waals surface area contributed by atoms with E-state index in [1.165, 1.54) is 4.88 Å². The van der Waals surface area contributed by atoms with Crippen molar-refractivity contribution in [1.82, 2.24) is 9.97 Å². The minimum absolute atomic E-state index is 0.450. The normalized spacial score (nSPS) is 11.1. The zero-order valence-electron chi connectivity index (χ0n) is 10.2. The molecule has 4 N–H and O–H groups in total. The fourth-order valence-electron chi connectivity index (χ4n) is 1.54. The topological polar surface area (TPSA) is 75.9 Å². The van der Waals surface area contributed by atoms with Crippen molar-refractivity contribution < 1.29 is 0 Å². The van der Waals surface area contributed by atoms with E-state index in [1.807, 2.05) is 0 Å². The van der Waals surface area contributed by atoms with Crippen LogP contribution >= 0.6 is 11.3 Å². The number of hydrogen-bond donors (Lipinski definition) is 3. The fourth-order valence-corrected chi connectivity index (χ4v) is 2.42. The maximum absolute atomic E-state index is 5.37. The molecule has 2 rings (SSSR count). The summed E-state index contributed by atoms with van der Waals surface area (Å²) in [6, 6.07) is 2.10. The van der Waals surface area contributed by atoms with E-state index in [0.29, 0.717) is 11.9 Å². The highest BCUT2D eigenvalue weighted by molar-refractivity contribution is 7.18. The quantitative estimate of drug-likeness (QED) is 0.574. The zero-order valence-corrected chi connectivity index (χ0v) is 11.1. The second-order valence-electron chi connectivity index (χ2n) is 4.39. The molecule has 0 saturated carbocycles. The van der Waals surface area contributed by atoms with Crippen molar-refractivity contribution in [2.75, 3.05) is 17.3 Å².